The molecular weight excluding hydrogens is 262 g/mol. The van der Waals surface area contributed by atoms with Crippen LogP contribution in [0.3, 0.4) is 0 Å². The normalized spacial score (nSPS) is 12.3. The van der Waals surface area contributed by atoms with Gasteiger partial charge in [0.25, 0.3) is 0 Å². The predicted molar refractivity (Wildman–Crippen MR) is 77.9 cm³/mol. The molecule has 2 heterocycles. The highest BCUT2D eigenvalue weighted by molar-refractivity contribution is 6.17. The van der Waals surface area contributed by atoms with Crippen molar-refractivity contribution in [2.24, 2.45) is 0 Å². The molecule has 0 aliphatic rings. The third kappa shape index (κ3) is 2.74. The fraction of sp³-hybridized carbons (Fsp3) is 0.571. The maximum atomic E-state index is 5.89. The van der Waals surface area contributed by atoms with E-state index in [1.54, 1.807) is 7.11 Å². The first-order valence-electron chi connectivity index (χ1n) is 6.40. The smallest absolute Gasteiger partial charge is 0.160 e. The van der Waals surface area contributed by atoms with E-state index in [1.165, 1.54) is 0 Å². The van der Waals surface area contributed by atoms with E-state index in [-0.39, 0.29) is 5.54 Å². The topological polar surface area (TPSA) is 39.9 Å². The van der Waals surface area contributed by atoms with Crippen LogP contribution in [0.2, 0.25) is 0 Å². The van der Waals surface area contributed by atoms with Gasteiger partial charge in [-0.1, -0.05) is 0 Å². The number of fused-ring (bicyclic) bond motifs is 1. The molecule has 2 aromatic heterocycles. The van der Waals surface area contributed by atoms with Gasteiger partial charge in [0.2, 0.25) is 0 Å². The highest BCUT2D eigenvalue weighted by atomic mass is 35.5. The molecule has 0 spiro atoms. The number of aryl methyl sites for hydroxylation is 2. The highest BCUT2D eigenvalue weighted by Crippen LogP contribution is 2.25. The first kappa shape index (κ1) is 14.3. The molecule has 0 amide bonds. The fourth-order valence-corrected chi connectivity index (χ4v) is 2.57. The van der Waals surface area contributed by atoms with Gasteiger partial charge in [0.05, 0.1) is 12.1 Å². The monoisotopic (exact) mass is 281 g/mol. The number of nitrogens with zero attached hydrogens (tertiary/aromatic N) is 3. The summed E-state index contributed by atoms with van der Waals surface area (Å²) >= 11 is 5.89. The Labute approximate surface area is 118 Å². The van der Waals surface area contributed by atoms with Gasteiger partial charge in [-0.05, 0) is 32.9 Å². The van der Waals surface area contributed by atoms with Gasteiger partial charge in [-0.2, -0.15) is 0 Å². The molecule has 0 N–H and O–H groups in total. The summed E-state index contributed by atoms with van der Waals surface area (Å²) in [5.74, 6) is 1.51. The molecule has 5 heteroatoms. The van der Waals surface area contributed by atoms with Gasteiger partial charge in [0, 0.05) is 25.1 Å². The van der Waals surface area contributed by atoms with Crippen molar-refractivity contribution in [3.63, 3.8) is 0 Å². The number of alkyl halides is 1. The molecule has 0 fully saturated rings. The molecule has 0 radical (unpaired) electrons. The average Bonchev–Trinajstić information content (AvgIpc) is 2.67. The number of pyridine rings is 1. The maximum Gasteiger partial charge on any atom is 0.160 e. The lowest BCUT2D eigenvalue weighted by molar-refractivity contribution is 0.110. The number of rotatable bonds is 5. The zero-order valence-electron chi connectivity index (χ0n) is 11.9. The van der Waals surface area contributed by atoms with Crippen LogP contribution in [0.1, 0.15) is 25.4 Å². The largest absolute Gasteiger partial charge is 0.382 e. The average molecular weight is 282 g/mol. The Hall–Kier alpha value is -1.13. The molecule has 4 nitrogen and oxygen atoms in total. The summed E-state index contributed by atoms with van der Waals surface area (Å²) in [5, 5.41) is 0. The molecule has 0 aromatic carbocycles. The number of aromatic nitrogens is 3. The summed E-state index contributed by atoms with van der Waals surface area (Å²) in [6, 6.07) is 3.99. The van der Waals surface area contributed by atoms with Crippen molar-refractivity contribution in [3.8, 4) is 0 Å². The molecule has 0 aliphatic heterocycles. The lowest BCUT2D eigenvalue weighted by Gasteiger charge is -2.28. The van der Waals surface area contributed by atoms with Crippen LogP contribution >= 0.6 is 11.6 Å². The van der Waals surface area contributed by atoms with Crippen LogP contribution in [0.15, 0.2) is 12.1 Å². The second kappa shape index (κ2) is 5.47. The summed E-state index contributed by atoms with van der Waals surface area (Å²) in [5.41, 5.74) is 2.60. The molecular formula is C14H20ClN3O. The van der Waals surface area contributed by atoms with Crippen LogP contribution in [-0.2, 0) is 16.7 Å². The summed E-state index contributed by atoms with van der Waals surface area (Å²) in [7, 11) is 1.71. The summed E-state index contributed by atoms with van der Waals surface area (Å²) in [4.78, 5) is 9.28. The molecule has 2 aromatic rings. The Bertz CT molecular complexity index is 577. The van der Waals surface area contributed by atoms with Gasteiger partial charge in [-0.3, -0.25) is 0 Å². The van der Waals surface area contributed by atoms with E-state index in [4.69, 9.17) is 16.3 Å². The minimum Gasteiger partial charge on any atom is -0.382 e. The Morgan fingerprint density at radius 1 is 1.32 bits per heavy atom. The van der Waals surface area contributed by atoms with Crippen LogP contribution in [0.4, 0.5) is 0 Å². The van der Waals surface area contributed by atoms with Crippen molar-refractivity contribution in [2.45, 2.75) is 32.7 Å². The zero-order chi connectivity index (χ0) is 14.0. The van der Waals surface area contributed by atoms with E-state index in [9.17, 15) is 0 Å². The van der Waals surface area contributed by atoms with E-state index < -0.39 is 0 Å². The third-order valence-corrected chi connectivity index (χ3v) is 3.32. The number of hydrogen-bond donors (Lipinski definition) is 0. The van der Waals surface area contributed by atoms with Crippen molar-refractivity contribution < 1.29 is 4.74 Å². The molecule has 0 saturated carbocycles. The van der Waals surface area contributed by atoms with Crippen LogP contribution in [-0.4, -0.2) is 34.1 Å². The molecule has 0 bridgehead atoms. The molecule has 2 rings (SSSR count). The first-order valence-corrected chi connectivity index (χ1v) is 6.93. The molecule has 0 unspecified atom stereocenters. The van der Waals surface area contributed by atoms with Gasteiger partial charge < -0.3 is 9.30 Å². The molecule has 0 atom stereocenters. The number of imidazole rings is 1. The second-order valence-corrected chi connectivity index (χ2v) is 5.72. The van der Waals surface area contributed by atoms with Gasteiger partial charge in [0.15, 0.2) is 5.65 Å². The number of ether oxygens (including phenoxy) is 1. The first-order chi connectivity index (χ1) is 8.99. The summed E-state index contributed by atoms with van der Waals surface area (Å²) in [6.45, 7) is 6.84. The van der Waals surface area contributed by atoms with Crippen LogP contribution in [0, 0.1) is 6.92 Å². The quantitative estimate of drug-likeness (QED) is 0.791. The van der Waals surface area contributed by atoms with Crippen LogP contribution < -0.4 is 0 Å². The van der Waals surface area contributed by atoms with Crippen molar-refractivity contribution in [3.05, 3.63) is 23.7 Å². The van der Waals surface area contributed by atoms with Gasteiger partial charge in [0.1, 0.15) is 11.3 Å². The van der Waals surface area contributed by atoms with E-state index in [0.29, 0.717) is 12.5 Å². The number of methoxy groups -OCH3 is 1. The fourth-order valence-electron chi connectivity index (χ4n) is 2.40. The molecule has 19 heavy (non-hydrogen) atoms. The second-order valence-electron chi connectivity index (χ2n) is 5.34. The van der Waals surface area contributed by atoms with Gasteiger partial charge in [-0.15, -0.1) is 11.6 Å². The Morgan fingerprint density at radius 3 is 2.68 bits per heavy atom. The SMILES string of the molecule is COCC(C)(C)n1c(CCCl)nc2ccc(C)nc21. The van der Waals surface area contributed by atoms with Crippen LogP contribution in [0.5, 0.6) is 0 Å². The van der Waals surface area contributed by atoms with E-state index >= 15 is 0 Å². The number of halogens is 1. The maximum absolute atomic E-state index is 5.89. The number of hydrogen-bond acceptors (Lipinski definition) is 3. The van der Waals surface area contributed by atoms with Crippen molar-refractivity contribution in [2.75, 3.05) is 19.6 Å². The lowest BCUT2D eigenvalue weighted by atomic mass is 10.1. The minimum absolute atomic E-state index is 0.203. The van der Waals surface area contributed by atoms with Crippen molar-refractivity contribution in [1.29, 1.82) is 0 Å². The summed E-state index contributed by atoms with van der Waals surface area (Å²) in [6.07, 6.45) is 0.726. The standard InChI is InChI=1S/C14H20ClN3O/c1-10-5-6-11-13(16-10)18(12(17-11)7-8-15)14(2,3)9-19-4/h5-6H,7-9H2,1-4H3. The Balaban J connectivity index is 2.66. The minimum atomic E-state index is -0.203. The lowest BCUT2D eigenvalue weighted by Crippen LogP contribution is -2.33. The van der Waals surface area contributed by atoms with E-state index in [2.05, 4.69) is 28.4 Å². The predicted octanol–water partition coefficient (Wildman–Crippen LogP) is 2.90. The van der Waals surface area contributed by atoms with Gasteiger partial charge in [-0.25, -0.2) is 9.97 Å². The van der Waals surface area contributed by atoms with Crippen molar-refractivity contribution >= 4 is 22.8 Å². The summed E-state index contributed by atoms with van der Waals surface area (Å²) < 4.78 is 7.49. The molecule has 0 aliphatic carbocycles. The Morgan fingerprint density at radius 2 is 2.05 bits per heavy atom. The highest BCUT2D eigenvalue weighted by Gasteiger charge is 2.26. The molecule has 0 saturated heterocycles. The van der Waals surface area contributed by atoms with E-state index in [0.717, 1.165) is 29.1 Å². The van der Waals surface area contributed by atoms with Gasteiger partial charge >= 0.3 is 0 Å². The third-order valence-electron chi connectivity index (χ3n) is 3.13. The molecule has 104 valence electrons. The van der Waals surface area contributed by atoms with E-state index in [1.807, 2.05) is 19.1 Å². The zero-order valence-corrected chi connectivity index (χ0v) is 12.7. The Kier molecular flexibility index (Phi) is 4.11. The van der Waals surface area contributed by atoms with Crippen LogP contribution in [0.25, 0.3) is 11.2 Å². The van der Waals surface area contributed by atoms with Crippen molar-refractivity contribution in [1.82, 2.24) is 14.5 Å².